The van der Waals surface area contributed by atoms with E-state index in [1.165, 1.54) is 11.0 Å². The molecule has 0 atom stereocenters. The van der Waals surface area contributed by atoms with Crippen LogP contribution in [-0.2, 0) is 11.3 Å². The Morgan fingerprint density at radius 2 is 2.04 bits per heavy atom. The van der Waals surface area contributed by atoms with Crippen molar-refractivity contribution in [2.75, 3.05) is 0 Å². The molecular formula is C17H16N4O2. The molecule has 0 bridgehead atoms. The number of nitrogens with zero attached hydrogens (tertiary/aromatic N) is 4. The molecule has 1 heterocycles. The molecule has 1 aromatic heterocycles. The first kappa shape index (κ1) is 14.9. The molecule has 3 rings (SSSR count). The molecule has 0 fully saturated rings. The van der Waals surface area contributed by atoms with Crippen LogP contribution in [0.3, 0.4) is 0 Å². The lowest BCUT2D eigenvalue weighted by Crippen LogP contribution is -2.07. The van der Waals surface area contributed by atoms with Gasteiger partial charge in [-0.2, -0.15) is 0 Å². The van der Waals surface area contributed by atoms with Crippen LogP contribution < -0.4 is 0 Å². The normalized spacial score (nSPS) is 10.5. The first-order valence-electron chi connectivity index (χ1n) is 7.20. The van der Waals surface area contributed by atoms with Gasteiger partial charge in [-0.1, -0.05) is 29.8 Å². The summed E-state index contributed by atoms with van der Waals surface area (Å²) in [4.78, 5) is 12.3. The van der Waals surface area contributed by atoms with E-state index in [-0.39, 0.29) is 12.6 Å². The zero-order chi connectivity index (χ0) is 16.2. The molecule has 0 aliphatic heterocycles. The third-order valence-electron chi connectivity index (χ3n) is 3.56. The molecule has 0 saturated heterocycles. The van der Waals surface area contributed by atoms with E-state index in [9.17, 15) is 4.79 Å². The number of aryl methyl sites for hydroxylation is 2. The van der Waals surface area contributed by atoms with Gasteiger partial charge in [-0.3, -0.25) is 0 Å². The molecular weight excluding hydrogens is 292 g/mol. The maximum atomic E-state index is 12.3. The van der Waals surface area contributed by atoms with E-state index in [1.807, 2.05) is 38.1 Å². The summed E-state index contributed by atoms with van der Waals surface area (Å²) in [6, 6.07) is 13.1. The van der Waals surface area contributed by atoms with Crippen molar-refractivity contribution in [2.45, 2.75) is 20.5 Å². The van der Waals surface area contributed by atoms with Crippen molar-refractivity contribution in [1.82, 2.24) is 20.2 Å². The summed E-state index contributed by atoms with van der Waals surface area (Å²) in [6.07, 6.45) is 1.47. The highest BCUT2D eigenvalue weighted by Gasteiger charge is 2.10. The lowest BCUT2D eigenvalue weighted by Gasteiger charge is -2.09. The summed E-state index contributed by atoms with van der Waals surface area (Å²) < 4.78 is 6.91. The van der Waals surface area contributed by atoms with Crippen molar-refractivity contribution in [2.24, 2.45) is 0 Å². The number of carbonyl (C=O) groups excluding carboxylic acids is 1. The second kappa shape index (κ2) is 6.39. The number of benzene rings is 2. The maximum absolute atomic E-state index is 12.3. The van der Waals surface area contributed by atoms with Crippen molar-refractivity contribution in [3.8, 4) is 5.69 Å². The molecule has 0 aliphatic rings. The van der Waals surface area contributed by atoms with Gasteiger partial charge >= 0.3 is 5.97 Å². The first-order chi connectivity index (χ1) is 11.1. The fourth-order valence-electron chi connectivity index (χ4n) is 2.24. The van der Waals surface area contributed by atoms with Crippen LogP contribution in [0.5, 0.6) is 0 Å². The Bertz CT molecular complexity index is 828. The monoisotopic (exact) mass is 308 g/mol. The summed E-state index contributed by atoms with van der Waals surface area (Å²) in [5.41, 5.74) is 4.42. The van der Waals surface area contributed by atoms with Crippen molar-refractivity contribution < 1.29 is 9.53 Å². The number of hydrogen-bond acceptors (Lipinski definition) is 5. The fourth-order valence-corrected chi connectivity index (χ4v) is 2.24. The van der Waals surface area contributed by atoms with Gasteiger partial charge in [0.1, 0.15) is 12.9 Å². The SMILES string of the molecule is Cc1ccc(C)c(COC(=O)c2cccc(-n3cnnn3)c2)c1. The molecule has 116 valence electrons. The number of hydrogen-bond donors (Lipinski definition) is 0. The lowest BCUT2D eigenvalue weighted by atomic mass is 10.1. The summed E-state index contributed by atoms with van der Waals surface area (Å²) in [7, 11) is 0. The van der Waals surface area contributed by atoms with E-state index >= 15 is 0 Å². The smallest absolute Gasteiger partial charge is 0.338 e. The molecule has 2 aromatic carbocycles. The molecule has 0 N–H and O–H groups in total. The van der Waals surface area contributed by atoms with Gasteiger partial charge in [0.25, 0.3) is 0 Å². The van der Waals surface area contributed by atoms with Crippen molar-refractivity contribution in [3.63, 3.8) is 0 Å². The van der Waals surface area contributed by atoms with Crippen LogP contribution in [0.15, 0.2) is 48.8 Å². The number of carbonyl (C=O) groups is 1. The summed E-state index contributed by atoms with van der Waals surface area (Å²) >= 11 is 0. The molecule has 6 heteroatoms. The van der Waals surface area contributed by atoms with Crippen LogP contribution in [0.25, 0.3) is 5.69 Å². The van der Waals surface area contributed by atoms with Crippen LogP contribution in [0.1, 0.15) is 27.0 Å². The number of tetrazole rings is 1. The number of ether oxygens (including phenoxy) is 1. The van der Waals surface area contributed by atoms with Gasteiger partial charge in [0.15, 0.2) is 0 Å². The quantitative estimate of drug-likeness (QED) is 0.693. The zero-order valence-electron chi connectivity index (χ0n) is 12.9. The first-order valence-corrected chi connectivity index (χ1v) is 7.20. The largest absolute Gasteiger partial charge is 0.457 e. The van der Waals surface area contributed by atoms with Gasteiger partial charge < -0.3 is 4.74 Å². The highest BCUT2D eigenvalue weighted by molar-refractivity contribution is 5.90. The van der Waals surface area contributed by atoms with Crippen LogP contribution in [0.4, 0.5) is 0 Å². The number of rotatable bonds is 4. The van der Waals surface area contributed by atoms with E-state index in [4.69, 9.17) is 4.74 Å². The molecule has 23 heavy (non-hydrogen) atoms. The second-order valence-electron chi connectivity index (χ2n) is 5.31. The van der Waals surface area contributed by atoms with Gasteiger partial charge in [0.05, 0.1) is 11.3 Å². The predicted octanol–water partition coefficient (Wildman–Crippen LogP) is 2.64. The van der Waals surface area contributed by atoms with E-state index < -0.39 is 0 Å². The lowest BCUT2D eigenvalue weighted by molar-refractivity contribution is 0.0472. The molecule has 0 saturated carbocycles. The summed E-state index contributed by atoms with van der Waals surface area (Å²) in [5, 5.41) is 11.0. The summed E-state index contributed by atoms with van der Waals surface area (Å²) in [5.74, 6) is -0.374. The van der Waals surface area contributed by atoms with Crippen LogP contribution in [0.2, 0.25) is 0 Å². The van der Waals surface area contributed by atoms with Gasteiger partial charge in [-0.25, -0.2) is 9.48 Å². The Labute approximate surface area is 133 Å². The minimum absolute atomic E-state index is 0.251. The van der Waals surface area contributed by atoms with Crippen LogP contribution >= 0.6 is 0 Å². The number of aromatic nitrogens is 4. The van der Waals surface area contributed by atoms with E-state index in [0.29, 0.717) is 11.3 Å². The highest BCUT2D eigenvalue weighted by atomic mass is 16.5. The van der Waals surface area contributed by atoms with E-state index in [0.717, 1.165) is 16.7 Å². The minimum Gasteiger partial charge on any atom is -0.457 e. The Morgan fingerprint density at radius 1 is 1.17 bits per heavy atom. The predicted molar refractivity (Wildman–Crippen MR) is 84.2 cm³/mol. The molecule has 0 aliphatic carbocycles. The Kier molecular flexibility index (Phi) is 4.14. The Hall–Kier alpha value is -3.02. The molecule has 0 radical (unpaired) electrons. The zero-order valence-corrected chi connectivity index (χ0v) is 12.9. The Morgan fingerprint density at radius 3 is 2.83 bits per heavy atom. The highest BCUT2D eigenvalue weighted by Crippen LogP contribution is 2.14. The van der Waals surface area contributed by atoms with E-state index in [2.05, 4.69) is 15.5 Å². The van der Waals surface area contributed by atoms with Crippen molar-refractivity contribution in [3.05, 3.63) is 71.0 Å². The van der Waals surface area contributed by atoms with Gasteiger partial charge in [-0.05, 0) is 53.6 Å². The standard InChI is InChI=1S/C17H16N4O2/c1-12-6-7-13(2)15(8-12)10-23-17(22)14-4-3-5-16(9-14)21-11-18-19-20-21/h3-9,11H,10H2,1-2H3. The molecule has 3 aromatic rings. The van der Waals surface area contributed by atoms with Crippen molar-refractivity contribution >= 4 is 5.97 Å². The molecule has 0 amide bonds. The molecule has 0 spiro atoms. The third-order valence-corrected chi connectivity index (χ3v) is 3.56. The van der Waals surface area contributed by atoms with Crippen LogP contribution in [-0.4, -0.2) is 26.2 Å². The topological polar surface area (TPSA) is 69.9 Å². The molecule has 6 nitrogen and oxygen atoms in total. The maximum Gasteiger partial charge on any atom is 0.338 e. The average Bonchev–Trinajstić information content (AvgIpc) is 3.10. The Balaban J connectivity index is 1.74. The van der Waals surface area contributed by atoms with E-state index in [1.54, 1.807) is 18.2 Å². The fraction of sp³-hybridized carbons (Fsp3) is 0.176. The second-order valence-corrected chi connectivity index (χ2v) is 5.31. The summed E-state index contributed by atoms with van der Waals surface area (Å²) in [6.45, 7) is 4.27. The average molecular weight is 308 g/mol. The van der Waals surface area contributed by atoms with Gasteiger partial charge in [0, 0.05) is 0 Å². The third kappa shape index (κ3) is 3.42. The van der Waals surface area contributed by atoms with Crippen molar-refractivity contribution in [1.29, 1.82) is 0 Å². The van der Waals surface area contributed by atoms with Gasteiger partial charge in [-0.15, -0.1) is 5.10 Å². The minimum atomic E-state index is -0.374. The molecule has 0 unspecified atom stereocenters. The van der Waals surface area contributed by atoms with Gasteiger partial charge in [0.2, 0.25) is 0 Å². The number of esters is 1. The van der Waals surface area contributed by atoms with Crippen LogP contribution in [0, 0.1) is 13.8 Å².